The van der Waals surface area contributed by atoms with E-state index in [1.165, 1.54) is 6.92 Å². The second-order valence-corrected chi connectivity index (χ2v) is 6.61. The molecule has 0 bridgehead atoms. The average Bonchev–Trinajstić information content (AvgIpc) is 2.66. The van der Waals surface area contributed by atoms with Crippen LogP contribution in [0.15, 0.2) is 64.3 Å². The Hall–Kier alpha value is -3.65. The Morgan fingerprint density at radius 3 is 2.41 bits per heavy atom. The lowest BCUT2D eigenvalue weighted by Crippen LogP contribution is -2.39. The zero-order chi connectivity index (χ0) is 21.0. The van der Waals surface area contributed by atoms with Crippen LogP contribution in [0.4, 0.5) is 11.4 Å². The van der Waals surface area contributed by atoms with E-state index >= 15 is 0 Å². The number of anilines is 2. The molecule has 1 aromatic heterocycles. The smallest absolute Gasteiger partial charge is 0.326 e. The van der Waals surface area contributed by atoms with Crippen molar-refractivity contribution in [2.75, 3.05) is 10.6 Å². The van der Waals surface area contributed by atoms with Crippen LogP contribution >= 0.6 is 11.6 Å². The first-order valence-electron chi connectivity index (χ1n) is 8.60. The fourth-order valence-electron chi connectivity index (χ4n) is 2.69. The number of carbonyl (C=O) groups is 2. The van der Waals surface area contributed by atoms with Gasteiger partial charge in [0.1, 0.15) is 5.56 Å². The van der Waals surface area contributed by atoms with Crippen molar-refractivity contribution < 1.29 is 9.59 Å². The van der Waals surface area contributed by atoms with Crippen molar-refractivity contribution in [2.24, 2.45) is 0 Å². The zero-order valence-electron chi connectivity index (χ0n) is 15.4. The van der Waals surface area contributed by atoms with Crippen molar-refractivity contribution >= 4 is 34.8 Å². The van der Waals surface area contributed by atoms with Gasteiger partial charge in [0, 0.05) is 29.5 Å². The van der Waals surface area contributed by atoms with Crippen LogP contribution in [0.2, 0.25) is 5.02 Å². The van der Waals surface area contributed by atoms with E-state index in [0.29, 0.717) is 22.0 Å². The monoisotopic (exact) mass is 412 g/mol. The second-order valence-electron chi connectivity index (χ2n) is 6.21. The molecule has 3 N–H and O–H groups in total. The first-order valence-corrected chi connectivity index (χ1v) is 8.98. The van der Waals surface area contributed by atoms with Gasteiger partial charge in [-0.3, -0.25) is 19.0 Å². The summed E-state index contributed by atoms with van der Waals surface area (Å²) in [5, 5.41) is 5.59. The van der Waals surface area contributed by atoms with E-state index in [2.05, 4.69) is 15.6 Å². The molecule has 3 rings (SSSR count). The Labute approximate surface area is 170 Å². The van der Waals surface area contributed by atoms with Crippen LogP contribution in [0.25, 0.3) is 0 Å². The van der Waals surface area contributed by atoms with E-state index in [0.717, 1.165) is 10.8 Å². The van der Waals surface area contributed by atoms with Crippen molar-refractivity contribution in [3.8, 4) is 0 Å². The van der Waals surface area contributed by atoms with E-state index in [9.17, 15) is 19.2 Å². The fourth-order valence-corrected chi connectivity index (χ4v) is 2.89. The average molecular weight is 413 g/mol. The predicted molar refractivity (Wildman–Crippen MR) is 111 cm³/mol. The van der Waals surface area contributed by atoms with E-state index in [-0.39, 0.29) is 18.0 Å². The van der Waals surface area contributed by atoms with Crippen LogP contribution in [0.1, 0.15) is 22.8 Å². The van der Waals surface area contributed by atoms with Crippen LogP contribution < -0.4 is 21.9 Å². The Balaban J connectivity index is 1.89. The largest absolute Gasteiger partial charge is 0.328 e. The highest BCUT2D eigenvalue weighted by Crippen LogP contribution is 2.16. The first kappa shape index (κ1) is 20.1. The molecule has 8 nitrogen and oxygen atoms in total. The summed E-state index contributed by atoms with van der Waals surface area (Å²) in [7, 11) is 0. The molecule has 0 radical (unpaired) electrons. The second kappa shape index (κ2) is 8.57. The number of hydrogen-bond acceptors (Lipinski definition) is 4. The normalized spacial score (nSPS) is 10.4. The molecule has 29 heavy (non-hydrogen) atoms. The molecule has 0 spiro atoms. The van der Waals surface area contributed by atoms with E-state index in [4.69, 9.17) is 11.6 Å². The molecule has 0 aliphatic rings. The molecule has 0 aliphatic carbocycles. The molecule has 0 aliphatic heterocycles. The molecule has 2 amide bonds. The standard InChI is InChI=1S/C20H17ClN4O4/c1-12(26)23-14-6-4-7-15(9-14)24-18(27)16-10-22-20(29)25(19(16)28)11-13-5-2-3-8-17(13)21/h2-10H,11H2,1H3,(H,22,29)(H,23,26)(H,24,27). The molecule has 0 fully saturated rings. The molecule has 9 heteroatoms. The maximum absolute atomic E-state index is 12.7. The SMILES string of the molecule is CC(=O)Nc1cccc(NC(=O)c2c[nH]c(=O)n(Cc3ccccc3Cl)c2=O)c1. The molecular weight excluding hydrogens is 396 g/mol. The highest BCUT2D eigenvalue weighted by molar-refractivity contribution is 6.31. The number of nitrogens with one attached hydrogen (secondary N) is 3. The number of hydrogen-bond donors (Lipinski definition) is 3. The van der Waals surface area contributed by atoms with Crippen LogP contribution in [0.5, 0.6) is 0 Å². The third kappa shape index (κ3) is 4.80. The first-order chi connectivity index (χ1) is 13.8. The van der Waals surface area contributed by atoms with E-state index in [1.807, 2.05) is 0 Å². The highest BCUT2D eigenvalue weighted by Gasteiger charge is 2.16. The summed E-state index contributed by atoms with van der Waals surface area (Å²) in [4.78, 5) is 51.0. The van der Waals surface area contributed by atoms with Crippen molar-refractivity contribution in [1.29, 1.82) is 0 Å². The number of aromatic amines is 1. The molecule has 0 saturated heterocycles. The molecular formula is C20H17ClN4O4. The third-order valence-electron chi connectivity index (χ3n) is 4.03. The lowest BCUT2D eigenvalue weighted by molar-refractivity contribution is -0.114. The minimum atomic E-state index is -0.746. The van der Waals surface area contributed by atoms with Gasteiger partial charge in [0.05, 0.1) is 6.54 Å². The van der Waals surface area contributed by atoms with Gasteiger partial charge in [0.15, 0.2) is 0 Å². The number of amides is 2. The quantitative estimate of drug-likeness (QED) is 0.597. The van der Waals surface area contributed by atoms with Crippen molar-refractivity contribution in [1.82, 2.24) is 9.55 Å². The Bertz CT molecular complexity index is 1200. The predicted octanol–water partition coefficient (Wildman–Crippen LogP) is 2.45. The zero-order valence-corrected chi connectivity index (χ0v) is 16.1. The minimum absolute atomic E-state index is 0.0764. The lowest BCUT2D eigenvalue weighted by atomic mass is 10.2. The van der Waals surface area contributed by atoms with Crippen LogP contribution in [0.3, 0.4) is 0 Å². The summed E-state index contributed by atoms with van der Waals surface area (Å²) in [5.41, 5.74) is -0.190. The minimum Gasteiger partial charge on any atom is -0.326 e. The third-order valence-corrected chi connectivity index (χ3v) is 4.40. The summed E-state index contributed by atoms with van der Waals surface area (Å²) < 4.78 is 0.907. The number of benzene rings is 2. The fraction of sp³-hybridized carbons (Fsp3) is 0.100. The summed E-state index contributed by atoms with van der Waals surface area (Å²) in [6, 6.07) is 13.3. The van der Waals surface area contributed by atoms with Gasteiger partial charge < -0.3 is 15.6 Å². The van der Waals surface area contributed by atoms with Crippen molar-refractivity contribution in [3.63, 3.8) is 0 Å². The number of nitrogens with zero attached hydrogens (tertiary/aromatic N) is 1. The summed E-state index contributed by atoms with van der Waals surface area (Å²) >= 11 is 6.10. The van der Waals surface area contributed by atoms with Gasteiger partial charge in [-0.15, -0.1) is 0 Å². The van der Waals surface area contributed by atoms with Gasteiger partial charge in [-0.05, 0) is 29.8 Å². The number of aromatic nitrogens is 2. The Morgan fingerprint density at radius 1 is 1.03 bits per heavy atom. The summed E-state index contributed by atoms with van der Waals surface area (Å²) in [6.07, 6.45) is 1.07. The molecule has 2 aromatic carbocycles. The van der Waals surface area contributed by atoms with E-state index < -0.39 is 17.2 Å². The van der Waals surface area contributed by atoms with E-state index in [1.54, 1.807) is 48.5 Å². The summed E-state index contributed by atoms with van der Waals surface area (Å²) in [5.74, 6) is -0.948. The topological polar surface area (TPSA) is 113 Å². The molecule has 0 saturated carbocycles. The summed E-state index contributed by atoms with van der Waals surface area (Å²) in [6.45, 7) is 1.29. The molecule has 0 unspecified atom stereocenters. The van der Waals surface area contributed by atoms with Crippen molar-refractivity contribution in [3.05, 3.63) is 91.7 Å². The van der Waals surface area contributed by atoms with Gasteiger partial charge in [0.25, 0.3) is 11.5 Å². The molecule has 0 atom stereocenters. The Morgan fingerprint density at radius 2 is 1.72 bits per heavy atom. The maximum atomic E-state index is 12.7. The highest BCUT2D eigenvalue weighted by atomic mass is 35.5. The van der Waals surface area contributed by atoms with Crippen LogP contribution in [-0.4, -0.2) is 21.4 Å². The van der Waals surface area contributed by atoms with Gasteiger partial charge >= 0.3 is 5.69 Å². The Kier molecular flexibility index (Phi) is 5.94. The van der Waals surface area contributed by atoms with Gasteiger partial charge in [0.2, 0.25) is 5.91 Å². The number of halogens is 1. The van der Waals surface area contributed by atoms with Gasteiger partial charge in [-0.2, -0.15) is 0 Å². The molecule has 1 heterocycles. The van der Waals surface area contributed by atoms with Crippen molar-refractivity contribution in [2.45, 2.75) is 13.5 Å². The number of rotatable bonds is 5. The molecule has 3 aromatic rings. The van der Waals surface area contributed by atoms with Gasteiger partial charge in [-0.1, -0.05) is 35.9 Å². The number of carbonyl (C=O) groups excluding carboxylic acids is 2. The molecule has 148 valence electrons. The number of H-pyrrole nitrogens is 1. The van der Waals surface area contributed by atoms with Gasteiger partial charge in [-0.25, -0.2) is 4.79 Å². The lowest BCUT2D eigenvalue weighted by Gasteiger charge is -2.10. The maximum Gasteiger partial charge on any atom is 0.328 e. The van der Waals surface area contributed by atoms with Crippen LogP contribution in [-0.2, 0) is 11.3 Å². The van der Waals surface area contributed by atoms with Crippen LogP contribution in [0, 0.1) is 0 Å².